The van der Waals surface area contributed by atoms with Gasteiger partial charge in [-0.2, -0.15) is 0 Å². The molecule has 5 heterocycles. The second kappa shape index (κ2) is 5.95. The van der Waals surface area contributed by atoms with Crippen molar-refractivity contribution in [1.82, 2.24) is 30.0 Å². The quantitative estimate of drug-likeness (QED) is 0.810. The van der Waals surface area contributed by atoms with E-state index < -0.39 is 5.60 Å². The average Bonchev–Trinajstić information content (AvgIpc) is 3.15. The number of nitrogens with zero attached hydrogens (tertiary/aromatic N) is 5. The highest BCUT2D eigenvalue weighted by molar-refractivity contribution is 5.92. The van der Waals surface area contributed by atoms with Crippen molar-refractivity contribution in [3.8, 4) is 5.82 Å². The van der Waals surface area contributed by atoms with E-state index in [2.05, 4.69) is 25.4 Å². The summed E-state index contributed by atoms with van der Waals surface area (Å²) in [5.41, 5.74) is -0.597. The molecule has 3 aliphatic rings. The Bertz CT molecular complexity index is 709. The summed E-state index contributed by atoms with van der Waals surface area (Å²) >= 11 is 0. The summed E-state index contributed by atoms with van der Waals surface area (Å²) in [6.45, 7) is 2.96. The van der Waals surface area contributed by atoms with Gasteiger partial charge in [-0.15, -0.1) is 10.2 Å². The molecule has 24 heavy (non-hydrogen) atoms. The fourth-order valence-electron chi connectivity index (χ4n) is 3.65. The molecule has 8 nitrogen and oxygen atoms in total. The highest BCUT2D eigenvalue weighted by atomic mass is 16.3. The van der Waals surface area contributed by atoms with Gasteiger partial charge in [0.2, 0.25) is 0 Å². The largest absolute Gasteiger partial charge is 0.386 e. The molecule has 3 saturated heterocycles. The molecule has 2 bridgehead atoms. The topological polar surface area (TPSA) is 96.2 Å². The first-order chi connectivity index (χ1) is 11.6. The third-order valence-corrected chi connectivity index (χ3v) is 5.05. The van der Waals surface area contributed by atoms with Crippen molar-refractivity contribution in [3.05, 3.63) is 36.5 Å². The van der Waals surface area contributed by atoms with Crippen molar-refractivity contribution in [2.24, 2.45) is 5.92 Å². The molecule has 2 aromatic rings. The zero-order chi connectivity index (χ0) is 16.6. The fourth-order valence-corrected chi connectivity index (χ4v) is 3.65. The van der Waals surface area contributed by atoms with Crippen LogP contribution in [-0.2, 0) is 0 Å². The van der Waals surface area contributed by atoms with E-state index in [0.717, 1.165) is 25.9 Å². The molecule has 0 saturated carbocycles. The summed E-state index contributed by atoms with van der Waals surface area (Å²) < 4.78 is 1.71. The molecule has 2 aromatic heterocycles. The van der Waals surface area contributed by atoms with Crippen LogP contribution in [0.2, 0.25) is 0 Å². The van der Waals surface area contributed by atoms with Crippen molar-refractivity contribution in [2.45, 2.75) is 18.4 Å². The van der Waals surface area contributed by atoms with Crippen LogP contribution in [0.1, 0.15) is 23.3 Å². The van der Waals surface area contributed by atoms with Crippen molar-refractivity contribution < 1.29 is 9.90 Å². The third-order valence-electron chi connectivity index (χ3n) is 5.05. The molecule has 1 amide bonds. The van der Waals surface area contributed by atoms with Crippen LogP contribution in [0.3, 0.4) is 0 Å². The van der Waals surface area contributed by atoms with Crippen LogP contribution >= 0.6 is 0 Å². The summed E-state index contributed by atoms with van der Waals surface area (Å²) in [5, 5.41) is 21.6. The first-order valence-corrected chi connectivity index (χ1v) is 8.19. The minimum Gasteiger partial charge on any atom is -0.386 e. The highest BCUT2D eigenvalue weighted by Crippen LogP contribution is 2.35. The number of fused-ring (bicyclic) bond motifs is 3. The third kappa shape index (κ3) is 2.78. The Morgan fingerprint density at radius 3 is 2.75 bits per heavy atom. The average molecular weight is 328 g/mol. The maximum absolute atomic E-state index is 12.3. The summed E-state index contributed by atoms with van der Waals surface area (Å²) in [7, 11) is 0. The van der Waals surface area contributed by atoms with Gasteiger partial charge in [0, 0.05) is 25.5 Å². The van der Waals surface area contributed by atoms with Crippen molar-refractivity contribution in [3.63, 3.8) is 0 Å². The lowest BCUT2D eigenvalue weighted by molar-refractivity contribution is -0.108. The van der Waals surface area contributed by atoms with Crippen LogP contribution in [0.5, 0.6) is 0 Å². The van der Waals surface area contributed by atoms with Gasteiger partial charge in [0.05, 0.1) is 5.60 Å². The van der Waals surface area contributed by atoms with Gasteiger partial charge < -0.3 is 15.3 Å². The molecule has 1 atom stereocenters. The van der Waals surface area contributed by atoms with E-state index >= 15 is 0 Å². The Kier molecular flexibility index (Phi) is 3.78. The van der Waals surface area contributed by atoms with Gasteiger partial charge in [-0.05, 0) is 44.0 Å². The lowest BCUT2D eigenvalue weighted by Crippen LogP contribution is -2.63. The van der Waals surface area contributed by atoms with Crippen molar-refractivity contribution >= 4 is 5.91 Å². The van der Waals surface area contributed by atoms with Gasteiger partial charge in [-0.1, -0.05) is 0 Å². The van der Waals surface area contributed by atoms with E-state index in [1.165, 1.54) is 0 Å². The molecule has 0 radical (unpaired) electrons. The minimum absolute atomic E-state index is 0.240. The van der Waals surface area contributed by atoms with E-state index in [0.29, 0.717) is 12.4 Å². The number of amides is 1. The normalized spacial score (nSPS) is 28.7. The summed E-state index contributed by atoms with van der Waals surface area (Å²) in [4.78, 5) is 18.5. The lowest BCUT2D eigenvalue weighted by atomic mass is 9.75. The molecule has 126 valence electrons. The molecule has 8 heteroatoms. The number of aromatic nitrogens is 4. The predicted molar refractivity (Wildman–Crippen MR) is 85.6 cm³/mol. The Morgan fingerprint density at radius 2 is 2.17 bits per heavy atom. The van der Waals surface area contributed by atoms with Crippen LogP contribution < -0.4 is 5.32 Å². The molecule has 0 spiro atoms. The van der Waals surface area contributed by atoms with E-state index in [-0.39, 0.29) is 24.1 Å². The van der Waals surface area contributed by atoms with Crippen LogP contribution in [0.4, 0.5) is 0 Å². The van der Waals surface area contributed by atoms with E-state index in [4.69, 9.17) is 0 Å². The monoisotopic (exact) mass is 328 g/mol. The second-order valence-corrected chi connectivity index (χ2v) is 6.58. The Balaban J connectivity index is 1.39. The van der Waals surface area contributed by atoms with Gasteiger partial charge in [0.15, 0.2) is 11.5 Å². The SMILES string of the molecule is O=C(NCC1(O)CN2CCC1CC2)c1ccc(-n2ccnc2)nn1. The zero-order valence-corrected chi connectivity index (χ0v) is 13.3. The molecule has 0 aliphatic carbocycles. The molecule has 3 fully saturated rings. The summed E-state index contributed by atoms with van der Waals surface area (Å²) in [5.74, 6) is 0.544. The maximum Gasteiger partial charge on any atom is 0.271 e. The summed E-state index contributed by atoms with van der Waals surface area (Å²) in [6, 6.07) is 3.34. The van der Waals surface area contributed by atoms with Crippen molar-refractivity contribution in [2.75, 3.05) is 26.2 Å². The Labute approximate surface area is 139 Å². The van der Waals surface area contributed by atoms with Gasteiger partial charge in [-0.3, -0.25) is 9.36 Å². The molecule has 5 rings (SSSR count). The van der Waals surface area contributed by atoms with Gasteiger partial charge in [0.25, 0.3) is 5.91 Å². The van der Waals surface area contributed by atoms with Crippen LogP contribution in [0.25, 0.3) is 5.82 Å². The van der Waals surface area contributed by atoms with E-state index in [1.807, 2.05) is 0 Å². The van der Waals surface area contributed by atoms with E-state index in [1.54, 1.807) is 35.4 Å². The number of carbonyl (C=O) groups excluding carboxylic acids is 1. The van der Waals surface area contributed by atoms with Crippen molar-refractivity contribution in [1.29, 1.82) is 0 Å². The summed E-state index contributed by atoms with van der Waals surface area (Å²) in [6.07, 6.45) is 7.01. The maximum atomic E-state index is 12.3. The molecule has 3 aliphatic heterocycles. The molecule has 0 aromatic carbocycles. The first-order valence-electron chi connectivity index (χ1n) is 8.19. The number of nitrogens with one attached hydrogen (secondary N) is 1. The van der Waals surface area contributed by atoms with Gasteiger partial charge >= 0.3 is 0 Å². The molecular weight excluding hydrogens is 308 g/mol. The Hall–Kier alpha value is -2.32. The van der Waals surface area contributed by atoms with E-state index in [9.17, 15) is 9.90 Å². The zero-order valence-electron chi connectivity index (χ0n) is 13.3. The Morgan fingerprint density at radius 1 is 1.33 bits per heavy atom. The van der Waals surface area contributed by atoms with Gasteiger partial charge in [0.1, 0.15) is 6.33 Å². The lowest BCUT2D eigenvalue weighted by Gasteiger charge is -2.50. The molecular formula is C16H20N6O2. The highest BCUT2D eigenvalue weighted by Gasteiger charge is 2.45. The fraction of sp³-hybridized carbons (Fsp3) is 0.500. The number of piperidine rings is 3. The number of rotatable bonds is 4. The minimum atomic E-state index is -0.837. The van der Waals surface area contributed by atoms with Crippen LogP contribution in [-0.4, -0.2) is 67.4 Å². The number of imidazole rings is 1. The smallest absolute Gasteiger partial charge is 0.271 e. The number of hydrogen-bond acceptors (Lipinski definition) is 6. The predicted octanol–water partition coefficient (Wildman–Crippen LogP) is -0.151. The number of aliphatic hydroxyl groups is 1. The molecule has 1 unspecified atom stereocenters. The number of hydrogen-bond donors (Lipinski definition) is 2. The molecule has 2 N–H and O–H groups in total. The second-order valence-electron chi connectivity index (χ2n) is 6.58. The standard InChI is InChI=1S/C16H20N6O2/c23-15(13-1-2-14(20-19-13)22-8-5-17-11-22)18-9-16(24)10-21-6-3-12(16)4-7-21/h1-2,5,8,11-12,24H,3-4,6-7,9-10H2,(H,18,23). The van der Waals surface area contributed by atoms with Crippen LogP contribution in [0, 0.1) is 5.92 Å². The van der Waals surface area contributed by atoms with Crippen LogP contribution in [0.15, 0.2) is 30.9 Å². The van der Waals surface area contributed by atoms with Gasteiger partial charge in [-0.25, -0.2) is 4.98 Å². The first kappa shape index (κ1) is 15.2. The number of carbonyl (C=O) groups is 1.